The maximum atomic E-state index is 14.1. The zero-order valence-corrected chi connectivity index (χ0v) is 18.5. The second-order valence-electron chi connectivity index (χ2n) is 7.77. The molecule has 0 aliphatic carbocycles. The number of anilines is 1. The fourth-order valence-corrected chi connectivity index (χ4v) is 4.16. The Hall–Kier alpha value is -3.65. The van der Waals surface area contributed by atoms with Crippen LogP contribution in [0.2, 0.25) is 5.02 Å². The molecule has 4 aromatic rings. The number of carbonyl (C=O) groups is 1. The first-order valence-electron chi connectivity index (χ1n) is 10.6. The van der Waals surface area contributed by atoms with Gasteiger partial charge in [-0.25, -0.2) is 4.39 Å². The third kappa shape index (κ3) is 4.47. The predicted octanol–water partition coefficient (Wildman–Crippen LogP) is 4.35. The Kier molecular flexibility index (Phi) is 5.83. The largest absolute Gasteiger partial charge is 0.366 e. The van der Waals surface area contributed by atoms with Crippen molar-refractivity contribution >= 4 is 23.2 Å². The van der Waals surface area contributed by atoms with Gasteiger partial charge in [0.15, 0.2) is 0 Å². The van der Waals surface area contributed by atoms with E-state index in [0.717, 1.165) is 5.56 Å². The van der Waals surface area contributed by atoms with Gasteiger partial charge in [0.2, 0.25) is 11.7 Å². The van der Waals surface area contributed by atoms with E-state index >= 15 is 0 Å². The molecule has 1 amide bonds. The molecule has 33 heavy (non-hydrogen) atoms. The van der Waals surface area contributed by atoms with Crippen molar-refractivity contribution in [3.8, 4) is 23.0 Å². The average Bonchev–Trinajstić information content (AvgIpc) is 3.49. The standard InChI is InChI=1S/C24H21ClFN5O2/c25-18-6-3-5-17(15-18)23-27-24(33-28-23)21-9-4-10-31(21)16-22(32)30-13-11-29(12-14-30)20-8-2-1-7-19(20)26/h1-10,15H,11-14,16H2. The van der Waals surface area contributed by atoms with Crippen LogP contribution in [0.1, 0.15) is 0 Å². The smallest absolute Gasteiger partial charge is 0.274 e. The lowest BCUT2D eigenvalue weighted by molar-refractivity contribution is -0.132. The summed E-state index contributed by atoms with van der Waals surface area (Å²) in [5.74, 6) is 0.490. The van der Waals surface area contributed by atoms with Crippen LogP contribution in [0.3, 0.4) is 0 Å². The summed E-state index contributed by atoms with van der Waals surface area (Å²) in [6.07, 6.45) is 1.81. The van der Waals surface area contributed by atoms with Gasteiger partial charge in [-0.3, -0.25) is 4.79 Å². The third-order valence-electron chi connectivity index (χ3n) is 5.69. The van der Waals surface area contributed by atoms with Gasteiger partial charge in [0.05, 0.1) is 5.69 Å². The molecular formula is C24H21ClFN5O2. The first kappa shape index (κ1) is 21.2. The molecule has 5 rings (SSSR count). The lowest BCUT2D eigenvalue weighted by Crippen LogP contribution is -2.49. The minimum absolute atomic E-state index is 0.0183. The van der Waals surface area contributed by atoms with Crippen LogP contribution in [0.5, 0.6) is 0 Å². The summed E-state index contributed by atoms with van der Waals surface area (Å²) in [5, 5.41) is 4.63. The van der Waals surface area contributed by atoms with E-state index < -0.39 is 0 Å². The molecule has 7 nitrogen and oxygen atoms in total. The van der Waals surface area contributed by atoms with E-state index in [1.165, 1.54) is 6.07 Å². The lowest BCUT2D eigenvalue weighted by atomic mass is 10.2. The normalized spacial score (nSPS) is 14.0. The molecule has 0 spiro atoms. The fraction of sp³-hybridized carbons (Fsp3) is 0.208. The molecular weight excluding hydrogens is 445 g/mol. The summed E-state index contributed by atoms with van der Waals surface area (Å²) in [6, 6.07) is 17.6. The molecule has 1 saturated heterocycles. The summed E-state index contributed by atoms with van der Waals surface area (Å²) in [6.45, 7) is 2.37. The minimum atomic E-state index is -0.244. The number of para-hydroxylation sites is 1. The maximum absolute atomic E-state index is 14.1. The van der Waals surface area contributed by atoms with Crippen molar-refractivity contribution < 1.29 is 13.7 Å². The van der Waals surface area contributed by atoms with Crippen molar-refractivity contribution in [2.24, 2.45) is 0 Å². The highest BCUT2D eigenvalue weighted by atomic mass is 35.5. The molecule has 0 bridgehead atoms. The van der Waals surface area contributed by atoms with Crippen LogP contribution >= 0.6 is 11.6 Å². The predicted molar refractivity (Wildman–Crippen MR) is 123 cm³/mol. The Balaban J connectivity index is 1.25. The van der Waals surface area contributed by atoms with Crippen molar-refractivity contribution in [1.29, 1.82) is 0 Å². The Bertz CT molecular complexity index is 1280. The number of aromatic nitrogens is 3. The number of hydrogen-bond donors (Lipinski definition) is 0. The SMILES string of the molecule is O=C(Cn1cccc1-c1nc(-c2cccc(Cl)c2)no1)N1CCN(c2ccccc2F)CC1. The highest BCUT2D eigenvalue weighted by Crippen LogP contribution is 2.25. The molecule has 3 heterocycles. The number of halogens is 2. The molecule has 168 valence electrons. The third-order valence-corrected chi connectivity index (χ3v) is 5.92. The molecule has 9 heteroatoms. The first-order valence-corrected chi connectivity index (χ1v) is 11.0. The second-order valence-corrected chi connectivity index (χ2v) is 8.21. The van der Waals surface area contributed by atoms with Crippen LogP contribution in [-0.2, 0) is 11.3 Å². The van der Waals surface area contributed by atoms with Crippen LogP contribution in [0, 0.1) is 5.82 Å². The van der Waals surface area contributed by atoms with Crippen LogP contribution in [0.25, 0.3) is 23.0 Å². The first-order chi connectivity index (χ1) is 16.1. The van der Waals surface area contributed by atoms with Gasteiger partial charge in [-0.2, -0.15) is 4.98 Å². The van der Waals surface area contributed by atoms with Gasteiger partial charge in [0.25, 0.3) is 5.89 Å². The summed E-state index contributed by atoms with van der Waals surface area (Å²) >= 11 is 6.05. The number of amides is 1. The number of carbonyl (C=O) groups excluding carboxylic acids is 1. The van der Waals surface area contributed by atoms with Crippen molar-refractivity contribution in [3.05, 3.63) is 77.7 Å². The van der Waals surface area contributed by atoms with Crippen LogP contribution in [-0.4, -0.2) is 51.7 Å². The Morgan fingerprint density at radius 2 is 1.85 bits per heavy atom. The van der Waals surface area contributed by atoms with Gasteiger partial charge in [0, 0.05) is 43.0 Å². The van der Waals surface area contributed by atoms with E-state index in [0.29, 0.717) is 54.3 Å². The van der Waals surface area contributed by atoms with Gasteiger partial charge >= 0.3 is 0 Å². The van der Waals surface area contributed by atoms with E-state index in [-0.39, 0.29) is 18.3 Å². The topological polar surface area (TPSA) is 67.4 Å². The number of piperazine rings is 1. The number of hydrogen-bond acceptors (Lipinski definition) is 5. The summed E-state index contributed by atoms with van der Waals surface area (Å²) < 4.78 is 21.3. The van der Waals surface area contributed by atoms with Crippen molar-refractivity contribution in [3.63, 3.8) is 0 Å². The van der Waals surface area contributed by atoms with Crippen LogP contribution < -0.4 is 4.90 Å². The van der Waals surface area contributed by atoms with Crippen LogP contribution in [0.4, 0.5) is 10.1 Å². The summed E-state index contributed by atoms with van der Waals surface area (Å²) in [5.41, 5.74) is 1.98. The monoisotopic (exact) mass is 465 g/mol. The number of benzene rings is 2. The zero-order valence-electron chi connectivity index (χ0n) is 17.7. The van der Waals surface area contributed by atoms with Crippen molar-refractivity contribution in [1.82, 2.24) is 19.6 Å². The zero-order chi connectivity index (χ0) is 22.8. The lowest BCUT2D eigenvalue weighted by Gasteiger charge is -2.36. The maximum Gasteiger partial charge on any atom is 0.274 e. The second kappa shape index (κ2) is 9.07. The highest BCUT2D eigenvalue weighted by Gasteiger charge is 2.24. The molecule has 0 atom stereocenters. The van der Waals surface area contributed by atoms with E-state index in [2.05, 4.69) is 10.1 Å². The van der Waals surface area contributed by atoms with Crippen molar-refractivity contribution in [2.75, 3.05) is 31.1 Å². The molecule has 1 fully saturated rings. The minimum Gasteiger partial charge on any atom is -0.366 e. The quantitative estimate of drug-likeness (QED) is 0.438. The molecule has 1 aliphatic heterocycles. The summed E-state index contributed by atoms with van der Waals surface area (Å²) in [4.78, 5) is 21.2. The highest BCUT2D eigenvalue weighted by molar-refractivity contribution is 6.30. The fourth-order valence-electron chi connectivity index (χ4n) is 3.97. The molecule has 1 aliphatic rings. The molecule has 0 N–H and O–H groups in total. The molecule has 2 aromatic carbocycles. The van der Waals surface area contributed by atoms with Crippen LogP contribution in [0.15, 0.2) is 71.4 Å². The van der Waals surface area contributed by atoms with E-state index in [9.17, 15) is 9.18 Å². The molecule has 0 radical (unpaired) electrons. The van der Waals surface area contributed by atoms with E-state index in [1.54, 1.807) is 33.7 Å². The van der Waals surface area contributed by atoms with Gasteiger partial charge < -0.3 is 18.9 Å². The van der Waals surface area contributed by atoms with Gasteiger partial charge in [-0.1, -0.05) is 41.0 Å². The number of nitrogens with zero attached hydrogens (tertiary/aromatic N) is 5. The molecule has 0 unspecified atom stereocenters. The Morgan fingerprint density at radius 1 is 1.03 bits per heavy atom. The average molecular weight is 466 g/mol. The number of rotatable bonds is 5. The van der Waals surface area contributed by atoms with Gasteiger partial charge in [-0.15, -0.1) is 0 Å². The molecule has 0 saturated carbocycles. The van der Waals surface area contributed by atoms with E-state index in [1.807, 2.05) is 41.4 Å². The van der Waals surface area contributed by atoms with Crippen molar-refractivity contribution in [2.45, 2.75) is 6.54 Å². The molecule has 2 aromatic heterocycles. The summed E-state index contributed by atoms with van der Waals surface area (Å²) in [7, 11) is 0. The van der Waals surface area contributed by atoms with Gasteiger partial charge in [-0.05, 0) is 36.4 Å². The van der Waals surface area contributed by atoms with Gasteiger partial charge in [0.1, 0.15) is 18.1 Å². The Morgan fingerprint density at radius 3 is 2.64 bits per heavy atom. The Labute approximate surface area is 195 Å². The van der Waals surface area contributed by atoms with E-state index in [4.69, 9.17) is 16.1 Å².